The molecule has 2 heterocycles. The molecule has 1 amide bonds. The first-order chi connectivity index (χ1) is 6.81. The monoisotopic (exact) mass is 194 g/mol. The van der Waals surface area contributed by atoms with Gasteiger partial charge in [-0.3, -0.25) is 4.79 Å². The zero-order valence-electron chi connectivity index (χ0n) is 7.70. The first-order valence-corrected chi connectivity index (χ1v) is 4.24. The molecule has 6 nitrogen and oxygen atoms in total. The fourth-order valence-corrected chi connectivity index (χ4v) is 1.22. The lowest BCUT2D eigenvalue weighted by molar-refractivity contribution is 0.0957. The van der Waals surface area contributed by atoms with E-state index in [1.165, 1.54) is 13.3 Å². The van der Waals surface area contributed by atoms with E-state index in [0.29, 0.717) is 24.5 Å². The molecule has 0 bridgehead atoms. The molecular formula is C8H10N4O2. The molecule has 1 aromatic rings. The van der Waals surface area contributed by atoms with Gasteiger partial charge in [0, 0.05) is 19.3 Å². The number of anilines is 1. The zero-order valence-corrected chi connectivity index (χ0v) is 7.70. The first-order valence-electron chi connectivity index (χ1n) is 4.24. The molecule has 0 spiro atoms. The van der Waals surface area contributed by atoms with Crippen molar-refractivity contribution in [1.29, 1.82) is 0 Å². The van der Waals surface area contributed by atoms with Crippen molar-refractivity contribution < 1.29 is 9.53 Å². The summed E-state index contributed by atoms with van der Waals surface area (Å²) < 4.78 is 4.86. The summed E-state index contributed by atoms with van der Waals surface area (Å²) in [5.74, 6) is 0.361. The van der Waals surface area contributed by atoms with Crippen molar-refractivity contribution in [2.45, 2.75) is 0 Å². The van der Waals surface area contributed by atoms with E-state index < -0.39 is 0 Å². The second-order valence-electron chi connectivity index (χ2n) is 2.80. The summed E-state index contributed by atoms with van der Waals surface area (Å²) in [4.78, 5) is 19.3. The van der Waals surface area contributed by atoms with Gasteiger partial charge >= 0.3 is 6.01 Å². The van der Waals surface area contributed by atoms with Gasteiger partial charge in [0.25, 0.3) is 5.91 Å². The van der Waals surface area contributed by atoms with Crippen LogP contribution in [-0.2, 0) is 0 Å². The molecule has 2 rings (SSSR count). The van der Waals surface area contributed by atoms with E-state index in [-0.39, 0.29) is 11.9 Å². The van der Waals surface area contributed by atoms with Crippen LogP contribution in [0, 0.1) is 0 Å². The van der Waals surface area contributed by atoms with Gasteiger partial charge in [0.1, 0.15) is 11.4 Å². The van der Waals surface area contributed by atoms with Crippen LogP contribution in [0.3, 0.4) is 0 Å². The van der Waals surface area contributed by atoms with Crippen molar-refractivity contribution >= 4 is 11.7 Å². The number of amides is 1. The quantitative estimate of drug-likeness (QED) is 0.638. The van der Waals surface area contributed by atoms with E-state index >= 15 is 0 Å². The lowest BCUT2D eigenvalue weighted by Gasteiger charge is -2.04. The number of nitrogens with one attached hydrogen (secondary N) is 2. The molecule has 0 fully saturated rings. The van der Waals surface area contributed by atoms with E-state index in [1.807, 2.05) is 0 Å². The van der Waals surface area contributed by atoms with Gasteiger partial charge < -0.3 is 15.4 Å². The molecule has 74 valence electrons. The van der Waals surface area contributed by atoms with Crippen molar-refractivity contribution in [3.63, 3.8) is 0 Å². The minimum absolute atomic E-state index is 0.160. The minimum Gasteiger partial charge on any atom is -0.467 e. The molecule has 14 heavy (non-hydrogen) atoms. The third-order valence-electron chi connectivity index (χ3n) is 1.90. The summed E-state index contributed by atoms with van der Waals surface area (Å²) in [6.07, 6.45) is 1.45. The van der Waals surface area contributed by atoms with Crippen LogP contribution in [0.25, 0.3) is 0 Å². The lowest BCUT2D eigenvalue weighted by atomic mass is 10.3. The van der Waals surface area contributed by atoms with Gasteiger partial charge in [-0.05, 0) is 0 Å². The van der Waals surface area contributed by atoms with E-state index in [2.05, 4.69) is 20.6 Å². The molecule has 0 atom stereocenters. The second kappa shape index (κ2) is 3.49. The summed E-state index contributed by atoms with van der Waals surface area (Å²) in [5, 5.41) is 5.73. The van der Waals surface area contributed by atoms with Crippen molar-refractivity contribution in [1.82, 2.24) is 15.3 Å². The van der Waals surface area contributed by atoms with Crippen LogP contribution in [0.1, 0.15) is 10.4 Å². The summed E-state index contributed by atoms with van der Waals surface area (Å²) >= 11 is 0. The number of nitrogens with zero attached hydrogens (tertiary/aromatic N) is 2. The molecular weight excluding hydrogens is 184 g/mol. The number of methoxy groups -OCH3 is 1. The third kappa shape index (κ3) is 1.46. The molecule has 6 heteroatoms. The maximum atomic E-state index is 11.4. The molecule has 1 aromatic heterocycles. The predicted octanol–water partition coefficient (Wildman–Crippen LogP) is -0.360. The van der Waals surface area contributed by atoms with E-state index in [0.717, 1.165) is 0 Å². The Kier molecular flexibility index (Phi) is 2.18. The van der Waals surface area contributed by atoms with Gasteiger partial charge in [0.15, 0.2) is 0 Å². The number of hydrogen-bond donors (Lipinski definition) is 2. The van der Waals surface area contributed by atoms with Crippen molar-refractivity contribution in [2.24, 2.45) is 0 Å². The fourth-order valence-electron chi connectivity index (χ4n) is 1.22. The van der Waals surface area contributed by atoms with Crippen molar-refractivity contribution in [3.8, 4) is 6.01 Å². The van der Waals surface area contributed by atoms with E-state index in [4.69, 9.17) is 4.74 Å². The molecule has 0 aliphatic carbocycles. The Bertz CT molecular complexity index is 366. The van der Waals surface area contributed by atoms with Crippen LogP contribution in [0.15, 0.2) is 6.20 Å². The van der Waals surface area contributed by atoms with Gasteiger partial charge in [-0.25, -0.2) is 4.98 Å². The molecule has 0 saturated carbocycles. The average Bonchev–Trinajstić information content (AvgIpc) is 2.40. The fraction of sp³-hybridized carbons (Fsp3) is 0.375. The van der Waals surface area contributed by atoms with Crippen LogP contribution in [0.5, 0.6) is 6.01 Å². The highest BCUT2D eigenvalue weighted by atomic mass is 16.5. The van der Waals surface area contributed by atoms with Crippen molar-refractivity contribution in [2.75, 3.05) is 25.5 Å². The minimum atomic E-state index is -0.160. The average molecular weight is 194 g/mol. The molecule has 1 aliphatic rings. The molecule has 1 aliphatic heterocycles. The van der Waals surface area contributed by atoms with Crippen LogP contribution in [-0.4, -0.2) is 36.1 Å². The Labute approximate surface area is 80.7 Å². The Morgan fingerprint density at radius 2 is 2.21 bits per heavy atom. The largest absolute Gasteiger partial charge is 0.467 e. The zero-order chi connectivity index (χ0) is 9.97. The number of rotatable bonds is 1. The van der Waals surface area contributed by atoms with Gasteiger partial charge in [-0.2, -0.15) is 4.98 Å². The highest BCUT2D eigenvalue weighted by Gasteiger charge is 2.17. The SMILES string of the molecule is COc1ncc2c(n1)NCCNC2=O. The number of carbonyl (C=O) groups excluding carboxylic acids is 1. The summed E-state index contributed by atoms with van der Waals surface area (Å²) in [5.41, 5.74) is 0.448. The van der Waals surface area contributed by atoms with Crippen LogP contribution < -0.4 is 15.4 Å². The van der Waals surface area contributed by atoms with Crippen LogP contribution >= 0.6 is 0 Å². The highest BCUT2D eigenvalue weighted by molar-refractivity contribution is 5.99. The third-order valence-corrected chi connectivity index (χ3v) is 1.90. The maximum Gasteiger partial charge on any atom is 0.318 e. The summed E-state index contributed by atoms with van der Waals surface area (Å²) in [6, 6.07) is 0.256. The smallest absolute Gasteiger partial charge is 0.318 e. The maximum absolute atomic E-state index is 11.4. The normalized spacial score (nSPS) is 14.8. The Morgan fingerprint density at radius 3 is 3.00 bits per heavy atom. The summed E-state index contributed by atoms with van der Waals surface area (Å²) in [6.45, 7) is 1.23. The Hall–Kier alpha value is -1.85. The Balaban J connectivity index is 2.43. The topological polar surface area (TPSA) is 76.1 Å². The van der Waals surface area contributed by atoms with Crippen molar-refractivity contribution in [3.05, 3.63) is 11.8 Å². The number of fused-ring (bicyclic) bond motifs is 1. The lowest BCUT2D eigenvalue weighted by Crippen LogP contribution is -2.24. The number of carbonyl (C=O) groups is 1. The van der Waals surface area contributed by atoms with Crippen LogP contribution in [0.2, 0.25) is 0 Å². The van der Waals surface area contributed by atoms with Crippen LogP contribution in [0.4, 0.5) is 5.82 Å². The second-order valence-corrected chi connectivity index (χ2v) is 2.80. The van der Waals surface area contributed by atoms with E-state index in [1.54, 1.807) is 0 Å². The Morgan fingerprint density at radius 1 is 1.43 bits per heavy atom. The first kappa shape index (κ1) is 8.74. The standard InChI is InChI=1S/C8H10N4O2/c1-14-8-11-4-5-6(12-8)9-2-3-10-7(5)13/h4H,2-3H2,1H3,(H,10,13)(H,9,11,12). The van der Waals surface area contributed by atoms with Gasteiger partial charge in [0.05, 0.1) is 7.11 Å². The summed E-state index contributed by atoms with van der Waals surface area (Å²) in [7, 11) is 1.48. The van der Waals surface area contributed by atoms with Gasteiger partial charge in [0.2, 0.25) is 0 Å². The number of aromatic nitrogens is 2. The van der Waals surface area contributed by atoms with E-state index in [9.17, 15) is 4.79 Å². The number of ether oxygens (including phenoxy) is 1. The van der Waals surface area contributed by atoms with Gasteiger partial charge in [-0.15, -0.1) is 0 Å². The molecule has 0 unspecified atom stereocenters. The molecule has 0 saturated heterocycles. The number of hydrogen-bond acceptors (Lipinski definition) is 5. The molecule has 0 radical (unpaired) electrons. The molecule has 0 aromatic carbocycles. The predicted molar refractivity (Wildman–Crippen MR) is 49.4 cm³/mol. The van der Waals surface area contributed by atoms with Gasteiger partial charge in [-0.1, -0.05) is 0 Å². The molecule has 2 N–H and O–H groups in total. The highest BCUT2D eigenvalue weighted by Crippen LogP contribution is 2.15.